The van der Waals surface area contributed by atoms with Crippen LogP contribution in [0, 0.1) is 5.41 Å². The Morgan fingerprint density at radius 3 is 2.22 bits per heavy atom. The van der Waals surface area contributed by atoms with Gasteiger partial charge in [0.25, 0.3) is 0 Å². The van der Waals surface area contributed by atoms with E-state index >= 15 is 0 Å². The van der Waals surface area contributed by atoms with Crippen molar-refractivity contribution >= 4 is 50.9 Å². The molecule has 0 fully saturated rings. The van der Waals surface area contributed by atoms with E-state index in [0.29, 0.717) is 37.7 Å². The molecule has 4 rings (SSSR count). The summed E-state index contributed by atoms with van der Waals surface area (Å²) in [4.78, 5) is 51.5. The third-order valence-electron chi connectivity index (χ3n) is 11.2. The summed E-state index contributed by atoms with van der Waals surface area (Å²) in [5.74, 6) is 0.416. The van der Waals surface area contributed by atoms with Gasteiger partial charge < -0.3 is 31.1 Å². The Morgan fingerprint density at radius 1 is 0.908 bits per heavy atom. The number of aryl methyl sites for hydroxylation is 1. The highest BCUT2D eigenvalue weighted by molar-refractivity contribution is 8.76. The van der Waals surface area contributed by atoms with Gasteiger partial charge in [0.15, 0.2) is 0 Å². The monoisotopic (exact) mass is 940 g/mol. The number of benzene rings is 2. The lowest BCUT2D eigenvalue weighted by atomic mass is 9.88. The van der Waals surface area contributed by atoms with Gasteiger partial charge in [-0.3, -0.25) is 19.2 Å². The molecule has 0 aliphatic carbocycles. The summed E-state index contributed by atoms with van der Waals surface area (Å²) < 4.78 is 8.22. The normalized spacial score (nSPS) is 13.2. The standard InChI is InChI=1S/C38H54N6O4S2.C10H21NO2.C2H6/c1-7-8-23-44-36-29-14-10-9-13-28(29)26-43(31-16-12-11-15-30(31)35(36)41-42-44)34(47)20-19-33(46)40-37(3,4)21-24-48-38(5,6)22-25-49-50-27(2)17-18-32(39)45;1-5-8(2)11-9(13)10(3,4)6-7-12;1-2/h9-16,27H,7-8,17-26H2,1-6H3,(H2,39,45)(H,40,46);8,12H,5-7H2,1-4H3,(H,11,13);1-2H3. The fraction of sp³-hybridized carbons (Fsp3) is 0.640. The van der Waals surface area contributed by atoms with Crippen LogP contribution in [0.3, 0.4) is 0 Å². The Kier molecular flexibility index (Phi) is 24.9. The van der Waals surface area contributed by atoms with Crippen LogP contribution in [0.2, 0.25) is 0 Å². The number of aromatic nitrogens is 3. The van der Waals surface area contributed by atoms with Crippen molar-refractivity contribution < 1.29 is 29.0 Å². The molecule has 1 aliphatic rings. The number of primary amides is 1. The first-order chi connectivity index (χ1) is 30.7. The number of nitrogens with zero attached hydrogens (tertiary/aromatic N) is 4. The van der Waals surface area contributed by atoms with Gasteiger partial charge in [-0.2, -0.15) is 0 Å². The lowest BCUT2D eigenvalue weighted by molar-refractivity contribution is -0.130. The van der Waals surface area contributed by atoms with Gasteiger partial charge in [-0.1, -0.05) is 124 Å². The second-order valence-corrected chi connectivity index (χ2v) is 21.4. The zero-order chi connectivity index (χ0) is 48.8. The zero-order valence-corrected chi connectivity index (χ0v) is 43.2. The van der Waals surface area contributed by atoms with Crippen molar-refractivity contribution in [2.24, 2.45) is 11.1 Å². The smallest absolute Gasteiger partial charge is 0.227 e. The molecule has 4 amide bonds. The largest absolute Gasteiger partial charge is 0.396 e. The van der Waals surface area contributed by atoms with E-state index in [1.165, 1.54) is 0 Å². The van der Waals surface area contributed by atoms with Crippen molar-refractivity contribution in [3.63, 3.8) is 0 Å². The maximum absolute atomic E-state index is 13.9. The number of nitrogens with one attached hydrogen (secondary N) is 2. The summed E-state index contributed by atoms with van der Waals surface area (Å²) >= 11 is 0. The minimum Gasteiger partial charge on any atom is -0.396 e. The molecular formula is C50H81N7O6S2. The number of fused-ring (bicyclic) bond motifs is 5. The maximum Gasteiger partial charge on any atom is 0.227 e. The molecule has 15 heteroatoms. The maximum atomic E-state index is 13.9. The van der Waals surface area contributed by atoms with Crippen LogP contribution in [0.25, 0.3) is 22.5 Å². The van der Waals surface area contributed by atoms with Crippen molar-refractivity contribution in [2.75, 3.05) is 23.9 Å². The molecule has 13 nitrogen and oxygen atoms in total. The number of amides is 4. The first kappa shape index (κ1) is 57.2. The number of unbranched alkanes of at least 4 members (excludes halogenated alkanes) is 1. The highest BCUT2D eigenvalue weighted by Crippen LogP contribution is 2.41. The summed E-state index contributed by atoms with van der Waals surface area (Å²) in [5, 5.41) is 24.3. The SMILES string of the molecule is CC.CCC(C)NC(=O)C(C)(C)CCO.CCCCn1nnc2c1-c1ccccc1CN(C(=O)CCC(=O)NC(C)(C)CCOC(C)(C)CCSSC(C)CCC(N)=O)c1ccccc1-2. The predicted octanol–water partition coefficient (Wildman–Crippen LogP) is 9.88. The highest BCUT2D eigenvalue weighted by Gasteiger charge is 2.31. The van der Waals surface area contributed by atoms with Gasteiger partial charge in [0.1, 0.15) is 5.69 Å². The average molecular weight is 940 g/mol. The predicted molar refractivity (Wildman–Crippen MR) is 270 cm³/mol. The van der Waals surface area contributed by atoms with Crippen LogP contribution >= 0.6 is 21.6 Å². The molecule has 2 unspecified atom stereocenters. The number of ether oxygens (including phenoxy) is 1. The van der Waals surface area contributed by atoms with Crippen LogP contribution in [-0.2, 0) is 37.0 Å². The fourth-order valence-corrected chi connectivity index (χ4v) is 9.42. The van der Waals surface area contributed by atoms with Gasteiger partial charge >= 0.3 is 0 Å². The topological polar surface area (TPSA) is 182 Å². The van der Waals surface area contributed by atoms with E-state index in [9.17, 15) is 19.2 Å². The zero-order valence-electron chi connectivity index (χ0n) is 41.6. The van der Waals surface area contributed by atoms with Crippen LogP contribution in [0.5, 0.6) is 0 Å². The molecule has 1 aromatic heterocycles. The number of hydrogen-bond acceptors (Lipinski definition) is 10. The van der Waals surface area contributed by atoms with E-state index in [4.69, 9.17) is 15.6 Å². The fourth-order valence-electron chi connectivity index (χ4n) is 6.77. The van der Waals surface area contributed by atoms with Crippen molar-refractivity contribution in [3.8, 4) is 22.5 Å². The Hall–Kier alpha value is -3.92. The molecule has 65 heavy (non-hydrogen) atoms. The number of aliphatic hydroxyl groups excluding tert-OH is 1. The number of aliphatic hydroxyl groups is 1. The van der Waals surface area contributed by atoms with Crippen LogP contribution in [0.15, 0.2) is 48.5 Å². The Morgan fingerprint density at radius 2 is 1.57 bits per heavy atom. The van der Waals surface area contributed by atoms with Crippen LogP contribution in [-0.4, -0.2) is 85.1 Å². The van der Waals surface area contributed by atoms with E-state index in [1.54, 1.807) is 26.5 Å². The van der Waals surface area contributed by atoms with Crippen LogP contribution in [0.1, 0.15) is 153 Å². The number of rotatable bonds is 24. The van der Waals surface area contributed by atoms with Crippen LogP contribution < -0.4 is 21.3 Å². The molecule has 0 radical (unpaired) electrons. The van der Waals surface area contributed by atoms with Gasteiger partial charge in [0, 0.05) is 78.1 Å². The molecule has 2 atom stereocenters. The van der Waals surface area contributed by atoms with Gasteiger partial charge in [0.2, 0.25) is 23.6 Å². The molecule has 2 aromatic carbocycles. The Labute approximate surface area is 398 Å². The Bertz CT molecular complexity index is 1930. The van der Waals surface area contributed by atoms with Gasteiger partial charge in [-0.15, -0.1) is 5.10 Å². The minimum atomic E-state index is -0.497. The second kappa shape index (κ2) is 28.3. The average Bonchev–Trinajstić information content (AvgIpc) is 3.67. The lowest BCUT2D eigenvalue weighted by Gasteiger charge is -2.31. The Balaban J connectivity index is 0.000000832. The van der Waals surface area contributed by atoms with E-state index in [2.05, 4.69) is 60.8 Å². The van der Waals surface area contributed by atoms with Crippen LogP contribution in [0.4, 0.5) is 5.69 Å². The number of carbonyl (C=O) groups excluding carboxylic acids is 4. The molecule has 0 saturated carbocycles. The van der Waals surface area contributed by atoms with Gasteiger partial charge in [0.05, 0.1) is 23.5 Å². The van der Waals surface area contributed by atoms with E-state index in [-0.39, 0.29) is 54.7 Å². The lowest BCUT2D eigenvalue weighted by Crippen LogP contribution is -2.45. The first-order valence-corrected chi connectivity index (χ1v) is 26.0. The number of nitrogens with two attached hydrogens (primary N) is 1. The van der Waals surface area contributed by atoms with Crippen molar-refractivity contribution in [1.29, 1.82) is 0 Å². The first-order valence-electron chi connectivity index (χ1n) is 23.6. The summed E-state index contributed by atoms with van der Waals surface area (Å²) in [6.07, 6.45) is 6.37. The number of hydrogen-bond donors (Lipinski definition) is 4. The third-order valence-corrected chi connectivity index (χ3v) is 14.2. The molecule has 0 bridgehead atoms. The summed E-state index contributed by atoms with van der Waals surface area (Å²) in [7, 11) is 3.57. The number of anilines is 1. The second-order valence-electron chi connectivity index (χ2n) is 18.4. The van der Waals surface area contributed by atoms with Crippen molar-refractivity contribution in [1.82, 2.24) is 25.6 Å². The van der Waals surface area contributed by atoms with Gasteiger partial charge in [-0.25, -0.2) is 4.68 Å². The summed E-state index contributed by atoms with van der Waals surface area (Å²) in [5.41, 5.74) is 9.39. The third kappa shape index (κ3) is 19.4. The molecule has 1 aliphatic heterocycles. The van der Waals surface area contributed by atoms with E-state index in [0.717, 1.165) is 78.2 Å². The number of para-hydroxylation sites is 1. The summed E-state index contributed by atoms with van der Waals surface area (Å²) in [6, 6.07) is 16.2. The van der Waals surface area contributed by atoms with Crippen molar-refractivity contribution in [3.05, 3.63) is 54.1 Å². The molecule has 5 N–H and O–H groups in total. The molecular weight excluding hydrogens is 859 g/mol. The molecule has 364 valence electrons. The quantitative estimate of drug-likeness (QED) is 0.0499. The molecule has 0 saturated heterocycles. The van der Waals surface area contributed by atoms with E-state index in [1.807, 2.05) is 96.5 Å². The van der Waals surface area contributed by atoms with Gasteiger partial charge in [-0.05, 0) is 84.8 Å². The summed E-state index contributed by atoms with van der Waals surface area (Å²) in [6.45, 7) is 25.8. The minimum absolute atomic E-state index is 0.0240. The van der Waals surface area contributed by atoms with Crippen molar-refractivity contribution in [2.45, 2.75) is 183 Å². The molecule has 3 aromatic rings. The molecule has 0 spiro atoms. The number of carbonyl (C=O) groups is 4. The van der Waals surface area contributed by atoms with E-state index < -0.39 is 11.0 Å². The highest BCUT2D eigenvalue weighted by atomic mass is 33.1. The molecule has 2 heterocycles.